The monoisotopic (exact) mass is 253 g/mol. The number of aromatic nitrogens is 1. The predicted molar refractivity (Wildman–Crippen MR) is 69.2 cm³/mol. The number of amides is 1. The summed E-state index contributed by atoms with van der Waals surface area (Å²) in [6.07, 6.45) is 3.57. The number of nitrogens with zero attached hydrogens (tertiary/aromatic N) is 1. The number of hydrogen-bond donors (Lipinski definition) is 2. The number of carbonyl (C=O) groups excluding carboxylic acids is 1. The fourth-order valence-electron chi connectivity index (χ4n) is 2.01. The lowest BCUT2D eigenvalue weighted by Gasteiger charge is -2.23. The molecule has 1 aromatic rings. The van der Waals surface area contributed by atoms with Crippen LogP contribution in [0.3, 0.4) is 0 Å². The predicted octanol–water partition coefficient (Wildman–Crippen LogP) is 1.12. The second-order valence-corrected chi connectivity index (χ2v) is 5.32. The Morgan fingerprint density at radius 1 is 1.71 bits per heavy atom. The molecule has 1 amide bonds. The van der Waals surface area contributed by atoms with Crippen molar-refractivity contribution in [3.63, 3.8) is 0 Å². The van der Waals surface area contributed by atoms with Crippen LogP contribution in [0, 0.1) is 0 Å². The quantitative estimate of drug-likeness (QED) is 0.845. The van der Waals surface area contributed by atoms with E-state index in [1.807, 2.05) is 5.38 Å². The molecule has 1 unspecified atom stereocenters. The zero-order chi connectivity index (χ0) is 12.1. The fraction of sp³-hybridized carbons (Fsp3) is 0.667. The van der Waals surface area contributed by atoms with Crippen LogP contribution in [-0.4, -0.2) is 30.0 Å². The Bertz CT molecular complexity index is 372. The minimum atomic E-state index is 0.0895. The first-order valence-electron chi connectivity index (χ1n) is 6.21. The van der Waals surface area contributed by atoms with Crippen molar-refractivity contribution in [1.29, 1.82) is 0 Å². The smallest absolute Gasteiger partial charge is 0.226 e. The summed E-state index contributed by atoms with van der Waals surface area (Å²) >= 11 is 1.63. The Labute approximate surface area is 106 Å². The summed E-state index contributed by atoms with van der Waals surface area (Å²) in [5, 5.41) is 9.43. The molecule has 0 saturated carbocycles. The molecule has 1 aliphatic rings. The molecule has 0 aromatic carbocycles. The minimum Gasteiger partial charge on any atom is -0.352 e. The maximum atomic E-state index is 11.8. The number of rotatable bonds is 4. The number of piperidine rings is 1. The molecule has 2 heterocycles. The van der Waals surface area contributed by atoms with Crippen LogP contribution < -0.4 is 10.6 Å². The van der Waals surface area contributed by atoms with Crippen LogP contribution in [0.5, 0.6) is 0 Å². The third-order valence-corrected chi connectivity index (χ3v) is 3.95. The van der Waals surface area contributed by atoms with E-state index in [0.29, 0.717) is 12.5 Å². The molecular weight excluding hydrogens is 234 g/mol. The summed E-state index contributed by atoms with van der Waals surface area (Å²) < 4.78 is 0. The highest BCUT2D eigenvalue weighted by molar-refractivity contribution is 7.09. The van der Waals surface area contributed by atoms with E-state index in [2.05, 4.69) is 22.5 Å². The van der Waals surface area contributed by atoms with E-state index in [4.69, 9.17) is 0 Å². The third kappa shape index (κ3) is 3.78. The average Bonchev–Trinajstić information content (AvgIpc) is 2.78. The van der Waals surface area contributed by atoms with Crippen molar-refractivity contribution < 1.29 is 4.79 Å². The SMILES string of the molecule is CCc1nc(CC(=O)NC2CCCNC2)cs1. The topological polar surface area (TPSA) is 54.0 Å². The van der Waals surface area contributed by atoms with Gasteiger partial charge in [0.15, 0.2) is 0 Å². The molecule has 5 heteroatoms. The molecule has 2 N–H and O–H groups in total. The molecule has 1 aromatic heterocycles. The summed E-state index contributed by atoms with van der Waals surface area (Å²) in [4.78, 5) is 16.2. The van der Waals surface area contributed by atoms with Gasteiger partial charge in [-0.05, 0) is 25.8 Å². The summed E-state index contributed by atoms with van der Waals surface area (Å²) in [6, 6.07) is 0.292. The van der Waals surface area contributed by atoms with E-state index in [0.717, 1.165) is 43.1 Å². The van der Waals surface area contributed by atoms with Crippen molar-refractivity contribution in [1.82, 2.24) is 15.6 Å². The first kappa shape index (κ1) is 12.5. The molecule has 94 valence electrons. The van der Waals surface area contributed by atoms with Gasteiger partial charge in [-0.3, -0.25) is 4.79 Å². The Kier molecular flexibility index (Phi) is 4.50. The maximum absolute atomic E-state index is 11.8. The van der Waals surface area contributed by atoms with Gasteiger partial charge in [0.1, 0.15) is 0 Å². The number of nitrogens with one attached hydrogen (secondary N) is 2. The molecule has 1 atom stereocenters. The second kappa shape index (κ2) is 6.12. The van der Waals surface area contributed by atoms with E-state index in [-0.39, 0.29) is 5.91 Å². The molecular formula is C12H19N3OS. The van der Waals surface area contributed by atoms with Crippen molar-refractivity contribution in [2.45, 2.75) is 38.6 Å². The first-order chi connectivity index (χ1) is 8.28. The number of hydrogen-bond acceptors (Lipinski definition) is 4. The highest BCUT2D eigenvalue weighted by atomic mass is 32.1. The van der Waals surface area contributed by atoms with Gasteiger partial charge in [-0.1, -0.05) is 6.92 Å². The molecule has 2 rings (SSSR count). The lowest BCUT2D eigenvalue weighted by Crippen LogP contribution is -2.46. The van der Waals surface area contributed by atoms with Crippen molar-refractivity contribution in [2.24, 2.45) is 0 Å². The summed E-state index contributed by atoms with van der Waals surface area (Å²) in [7, 11) is 0. The van der Waals surface area contributed by atoms with Crippen molar-refractivity contribution in [2.75, 3.05) is 13.1 Å². The third-order valence-electron chi connectivity index (χ3n) is 2.91. The zero-order valence-electron chi connectivity index (χ0n) is 10.2. The summed E-state index contributed by atoms with van der Waals surface area (Å²) in [5.74, 6) is 0.0895. The highest BCUT2D eigenvalue weighted by Crippen LogP contribution is 2.11. The van der Waals surface area contributed by atoms with Gasteiger partial charge in [-0.25, -0.2) is 4.98 Å². The van der Waals surface area contributed by atoms with E-state index in [9.17, 15) is 4.79 Å². The van der Waals surface area contributed by atoms with Crippen molar-refractivity contribution in [3.8, 4) is 0 Å². The van der Waals surface area contributed by atoms with Crippen molar-refractivity contribution >= 4 is 17.2 Å². The van der Waals surface area contributed by atoms with Crippen LogP contribution in [0.2, 0.25) is 0 Å². The molecule has 1 saturated heterocycles. The average molecular weight is 253 g/mol. The van der Waals surface area contributed by atoms with Crippen molar-refractivity contribution in [3.05, 3.63) is 16.1 Å². The highest BCUT2D eigenvalue weighted by Gasteiger charge is 2.16. The van der Waals surface area contributed by atoms with Gasteiger partial charge < -0.3 is 10.6 Å². The lowest BCUT2D eigenvalue weighted by molar-refractivity contribution is -0.121. The van der Waals surface area contributed by atoms with Crippen LogP contribution in [0.4, 0.5) is 0 Å². The number of aryl methyl sites for hydroxylation is 1. The van der Waals surface area contributed by atoms with Gasteiger partial charge in [-0.15, -0.1) is 11.3 Å². The fourth-order valence-corrected chi connectivity index (χ4v) is 2.76. The maximum Gasteiger partial charge on any atom is 0.226 e. The Balaban J connectivity index is 1.79. The van der Waals surface area contributed by atoms with Gasteiger partial charge in [0.2, 0.25) is 5.91 Å². The number of carbonyl (C=O) groups is 1. The second-order valence-electron chi connectivity index (χ2n) is 4.37. The zero-order valence-corrected chi connectivity index (χ0v) is 11.0. The van der Waals surface area contributed by atoms with Gasteiger partial charge in [0.05, 0.1) is 17.1 Å². The van der Waals surface area contributed by atoms with Crippen LogP contribution >= 0.6 is 11.3 Å². The Morgan fingerprint density at radius 3 is 3.24 bits per heavy atom. The molecule has 4 nitrogen and oxygen atoms in total. The van der Waals surface area contributed by atoms with E-state index >= 15 is 0 Å². The normalized spacial score (nSPS) is 20.2. The standard InChI is InChI=1S/C12H19N3OS/c1-2-12-15-10(8-17-12)6-11(16)14-9-4-3-5-13-7-9/h8-9,13H,2-7H2,1H3,(H,14,16). The van der Waals surface area contributed by atoms with Gasteiger partial charge in [-0.2, -0.15) is 0 Å². The van der Waals surface area contributed by atoms with Crippen LogP contribution in [0.15, 0.2) is 5.38 Å². The minimum absolute atomic E-state index is 0.0895. The van der Waals surface area contributed by atoms with E-state index in [1.54, 1.807) is 11.3 Å². The summed E-state index contributed by atoms with van der Waals surface area (Å²) in [6.45, 7) is 4.04. The molecule has 0 spiro atoms. The van der Waals surface area contributed by atoms with Gasteiger partial charge in [0.25, 0.3) is 0 Å². The Hall–Kier alpha value is -0.940. The van der Waals surface area contributed by atoms with E-state index in [1.165, 1.54) is 0 Å². The molecule has 0 aliphatic carbocycles. The number of thiazole rings is 1. The first-order valence-corrected chi connectivity index (χ1v) is 7.09. The molecule has 1 aliphatic heterocycles. The molecule has 0 radical (unpaired) electrons. The van der Waals surface area contributed by atoms with Crippen LogP contribution in [-0.2, 0) is 17.6 Å². The lowest BCUT2D eigenvalue weighted by atomic mass is 10.1. The molecule has 17 heavy (non-hydrogen) atoms. The van der Waals surface area contributed by atoms with Gasteiger partial charge >= 0.3 is 0 Å². The molecule has 0 bridgehead atoms. The van der Waals surface area contributed by atoms with E-state index < -0.39 is 0 Å². The van der Waals surface area contributed by atoms with Crippen LogP contribution in [0.25, 0.3) is 0 Å². The Morgan fingerprint density at radius 2 is 2.59 bits per heavy atom. The molecule has 1 fully saturated rings. The van der Waals surface area contributed by atoms with Gasteiger partial charge in [0, 0.05) is 18.0 Å². The summed E-state index contributed by atoms with van der Waals surface area (Å²) in [5.41, 5.74) is 0.896. The largest absolute Gasteiger partial charge is 0.352 e. The van der Waals surface area contributed by atoms with Crippen LogP contribution in [0.1, 0.15) is 30.5 Å².